The van der Waals surface area contributed by atoms with E-state index in [0.29, 0.717) is 11.4 Å². The maximum Gasteiger partial charge on any atom is 0.309 e. The van der Waals surface area contributed by atoms with Crippen LogP contribution in [0.25, 0.3) is 0 Å². The Morgan fingerprint density at radius 3 is 2.65 bits per heavy atom. The second-order valence-electron chi connectivity index (χ2n) is 3.91. The van der Waals surface area contributed by atoms with E-state index in [1.54, 1.807) is 13.8 Å². The van der Waals surface area contributed by atoms with Crippen LogP contribution in [-0.4, -0.2) is 44.4 Å². The molecule has 0 aromatic carbocycles. The summed E-state index contributed by atoms with van der Waals surface area (Å²) < 4.78 is 6.51. The third kappa shape index (κ3) is 3.24. The first-order chi connectivity index (χ1) is 7.97. The van der Waals surface area contributed by atoms with Gasteiger partial charge >= 0.3 is 5.97 Å². The van der Waals surface area contributed by atoms with Crippen molar-refractivity contribution in [1.82, 2.24) is 15.0 Å². The molecular formula is C10H17N3O4. The highest BCUT2D eigenvalue weighted by Gasteiger charge is 2.21. The molecule has 2 N–H and O–H groups in total. The Bertz CT molecular complexity index is 389. The number of carboxylic acid groups (broad SMARTS) is 1. The minimum atomic E-state index is -0.973. The van der Waals surface area contributed by atoms with Gasteiger partial charge in [0.1, 0.15) is 0 Å². The van der Waals surface area contributed by atoms with Gasteiger partial charge in [-0.15, -0.1) is 5.10 Å². The summed E-state index contributed by atoms with van der Waals surface area (Å²) in [5, 5.41) is 26.0. The molecule has 17 heavy (non-hydrogen) atoms. The molecular weight excluding hydrogens is 226 g/mol. The van der Waals surface area contributed by atoms with Crippen LogP contribution in [0.4, 0.5) is 0 Å². The standard InChI is InChI=1S/C10H17N3O4/c1-6(7(2)14)13-9(5-17-3)8(11-12-13)4-10(15)16/h6-7,14H,4-5H2,1-3H3,(H,15,16). The van der Waals surface area contributed by atoms with E-state index in [0.717, 1.165) is 0 Å². The van der Waals surface area contributed by atoms with Crippen LogP contribution in [0.5, 0.6) is 0 Å². The Morgan fingerprint density at radius 1 is 1.53 bits per heavy atom. The lowest BCUT2D eigenvalue weighted by atomic mass is 10.2. The van der Waals surface area contributed by atoms with E-state index in [4.69, 9.17) is 9.84 Å². The summed E-state index contributed by atoms with van der Waals surface area (Å²) in [4.78, 5) is 10.7. The molecule has 0 saturated heterocycles. The lowest BCUT2D eigenvalue weighted by Gasteiger charge is -2.17. The summed E-state index contributed by atoms with van der Waals surface area (Å²) in [6.07, 6.45) is -0.810. The molecule has 0 saturated carbocycles. The fraction of sp³-hybridized carbons (Fsp3) is 0.700. The van der Waals surface area contributed by atoms with Gasteiger partial charge in [0.2, 0.25) is 0 Å². The quantitative estimate of drug-likeness (QED) is 0.729. The highest BCUT2D eigenvalue weighted by atomic mass is 16.5. The van der Waals surface area contributed by atoms with Gasteiger partial charge in [-0.25, -0.2) is 4.68 Å². The normalized spacial score (nSPS) is 14.6. The predicted molar refractivity (Wildman–Crippen MR) is 58.5 cm³/mol. The van der Waals surface area contributed by atoms with Gasteiger partial charge in [0.25, 0.3) is 0 Å². The topological polar surface area (TPSA) is 97.5 Å². The summed E-state index contributed by atoms with van der Waals surface area (Å²) in [6.45, 7) is 3.63. The minimum absolute atomic E-state index is 0.203. The maximum atomic E-state index is 10.7. The number of ether oxygens (including phenoxy) is 1. The van der Waals surface area contributed by atoms with Crippen molar-refractivity contribution in [2.75, 3.05) is 7.11 Å². The molecule has 0 fully saturated rings. The molecule has 1 aromatic rings. The van der Waals surface area contributed by atoms with Crippen molar-refractivity contribution in [3.8, 4) is 0 Å². The Kier molecular flexibility index (Phi) is 4.59. The number of nitrogens with zero attached hydrogens (tertiary/aromatic N) is 3. The Morgan fingerprint density at radius 2 is 2.18 bits per heavy atom. The maximum absolute atomic E-state index is 10.7. The fourth-order valence-corrected chi connectivity index (χ4v) is 1.44. The number of aliphatic hydroxyl groups excluding tert-OH is 1. The van der Waals surface area contributed by atoms with E-state index in [9.17, 15) is 9.90 Å². The van der Waals surface area contributed by atoms with Crippen LogP contribution < -0.4 is 0 Å². The largest absolute Gasteiger partial charge is 0.481 e. The summed E-state index contributed by atoms with van der Waals surface area (Å²) in [5.74, 6) is -0.973. The number of hydrogen-bond donors (Lipinski definition) is 2. The van der Waals surface area contributed by atoms with Crippen LogP contribution in [0.2, 0.25) is 0 Å². The second kappa shape index (κ2) is 5.74. The summed E-state index contributed by atoms with van der Waals surface area (Å²) in [7, 11) is 1.51. The van der Waals surface area contributed by atoms with E-state index in [-0.39, 0.29) is 19.1 Å². The zero-order valence-corrected chi connectivity index (χ0v) is 10.1. The molecule has 0 aliphatic rings. The van der Waals surface area contributed by atoms with Crippen LogP contribution in [0.1, 0.15) is 31.3 Å². The Labute approximate surface area is 99.0 Å². The molecule has 0 spiro atoms. The molecule has 7 nitrogen and oxygen atoms in total. The minimum Gasteiger partial charge on any atom is -0.481 e. The van der Waals surface area contributed by atoms with Gasteiger partial charge < -0.3 is 14.9 Å². The van der Waals surface area contributed by atoms with Gasteiger partial charge in [0.15, 0.2) is 0 Å². The first kappa shape index (κ1) is 13.6. The average molecular weight is 243 g/mol. The summed E-state index contributed by atoms with van der Waals surface area (Å²) in [5.41, 5.74) is 0.954. The molecule has 1 heterocycles. The molecule has 2 atom stereocenters. The monoisotopic (exact) mass is 243 g/mol. The van der Waals surface area contributed by atoms with Gasteiger partial charge in [-0.2, -0.15) is 0 Å². The number of aliphatic hydroxyl groups is 1. The highest BCUT2D eigenvalue weighted by molar-refractivity contribution is 5.69. The van der Waals surface area contributed by atoms with Gasteiger partial charge in [-0.1, -0.05) is 5.21 Å². The number of hydrogen-bond acceptors (Lipinski definition) is 5. The van der Waals surface area contributed by atoms with E-state index >= 15 is 0 Å². The van der Waals surface area contributed by atoms with Crippen molar-refractivity contribution in [1.29, 1.82) is 0 Å². The van der Waals surface area contributed by atoms with Crippen molar-refractivity contribution in [3.63, 3.8) is 0 Å². The van der Waals surface area contributed by atoms with Crippen LogP contribution in [0.15, 0.2) is 0 Å². The number of rotatable bonds is 6. The molecule has 1 aromatic heterocycles. The third-order valence-electron chi connectivity index (χ3n) is 2.56. The number of aliphatic carboxylic acids is 1. The zero-order chi connectivity index (χ0) is 13.0. The molecule has 0 bridgehead atoms. The zero-order valence-electron chi connectivity index (χ0n) is 10.1. The number of carbonyl (C=O) groups is 1. The van der Waals surface area contributed by atoms with E-state index < -0.39 is 12.1 Å². The Balaban J connectivity index is 3.05. The van der Waals surface area contributed by atoms with Crippen molar-refractivity contribution in [2.24, 2.45) is 0 Å². The van der Waals surface area contributed by atoms with Crippen molar-refractivity contribution in [3.05, 3.63) is 11.4 Å². The predicted octanol–water partition coefficient (Wildman–Crippen LogP) is -0.00660. The number of methoxy groups -OCH3 is 1. The average Bonchev–Trinajstić information content (AvgIpc) is 2.60. The smallest absolute Gasteiger partial charge is 0.309 e. The molecule has 0 aliphatic carbocycles. The van der Waals surface area contributed by atoms with Crippen LogP contribution in [0.3, 0.4) is 0 Å². The van der Waals surface area contributed by atoms with Crippen LogP contribution >= 0.6 is 0 Å². The fourth-order valence-electron chi connectivity index (χ4n) is 1.44. The van der Waals surface area contributed by atoms with Crippen LogP contribution in [-0.2, 0) is 22.6 Å². The van der Waals surface area contributed by atoms with Crippen molar-refractivity contribution < 1.29 is 19.7 Å². The van der Waals surface area contributed by atoms with E-state index in [1.807, 2.05) is 0 Å². The molecule has 2 unspecified atom stereocenters. The van der Waals surface area contributed by atoms with Crippen molar-refractivity contribution >= 4 is 5.97 Å². The lowest BCUT2D eigenvalue weighted by molar-refractivity contribution is -0.136. The molecule has 0 amide bonds. The number of aromatic nitrogens is 3. The molecule has 7 heteroatoms. The summed E-state index contributed by atoms with van der Waals surface area (Å²) in [6, 6.07) is -0.282. The lowest BCUT2D eigenvalue weighted by Crippen LogP contribution is -2.22. The van der Waals surface area contributed by atoms with E-state index in [1.165, 1.54) is 11.8 Å². The molecule has 0 radical (unpaired) electrons. The third-order valence-corrected chi connectivity index (χ3v) is 2.56. The SMILES string of the molecule is COCc1c(CC(=O)O)nnn1C(C)C(C)O. The first-order valence-corrected chi connectivity index (χ1v) is 5.29. The van der Waals surface area contributed by atoms with Crippen molar-refractivity contribution in [2.45, 2.75) is 39.0 Å². The van der Waals surface area contributed by atoms with Gasteiger partial charge in [0.05, 0.1) is 36.6 Å². The van der Waals surface area contributed by atoms with Crippen LogP contribution in [0, 0.1) is 0 Å². The van der Waals surface area contributed by atoms with Gasteiger partial charge in [0, 0.05) is 7.11 Å². The van der Waals surface area contributed by atoms with E-state index in [2.05, 4.69) is 10.3 Å². The van der Waals surface area contributed by atoms with Gasteiger partial charge in [-0.05, 0) is 13.8 Å². The molecule has 96 valence electrons. The van der Waals surface area contributed by atoms with Gasteiger partial charge in [-0.3, -0.25) is 4.79 Å². The Hall–Kier alpha value is -1.47. The molecule has 1 rings (SSSR count). The molecule has 0 aliphatic heterocycles. The highest BCUT2D eigenvalue weighted by Crippen LogP contribution is 2.16. The second-order valence-corrected chi connectivity index (χ2v) is 3.91. The number of carboxylic acids is 1. The first-order valence-electron chi connectivity index (χ1n) is 5.29. The summed E-state index contributed by atoms with van der Waals surface area (Å²) >= 11 is 0.